The molecule has 5 nitrogen and oxygen atoms in total. The topological polar surface area (TPSA) is 58.1 Å². The Morgan fingerprint density at radius 1 is 1.68 bits per heavy atom. The molecule has 0 spiro atoms. The van der Waals surface area contributed by atoms with Gasteiger partial charge < -0.3 is 10.2 Å². The van der Waals surface area contributed by atoms with Gasteiger partial charge in [0, 0.05) is 31.5 Å². The van der Waals surface area contributed by atoms with Crippen molar-refractivity contribution >= 4 is 11.9 Å². The number of carbonyl (C=O) groups excluding carboxylic acids is 1. The number of nitrogens with zero attached hydrogens (tertiary/aromatic N) is 3. The number of piperidine rings is 1. The Morgan fingerprint density at radius 2 is 2.53 bits per heavy atom. The third-order valence-corrected chi connectivity index (χ3v) is 3.28. The lowest BCUT2D eigenvalue weighted by Gasteiger charge is -2.32. The standard InChI is InChI=1S/C14H20N4O/c1-3-7-15-13(19)12-5-4-9-18(10-12)14-16-8-6-11(2)17-14/h3,6,8,12H,1,4-5,7,9-10H2,2H3,(H,15,19)/t12-/m0/s1. The SMILES string of the molecule is C=CCNC(=O)[C@H]1CCCN(c2nccc(C)n2)C1. The van der Waals surface area contributed by atoms with E-state index in [2.05, 4.69) is 26.8 Å². The van der Waals surface area contributed by atoms with E-state index in [1.807, 2.05) is 13.0 Å². The van der Waals surface area contributed by atoms with Crippen LogP contribution in [0.2, 0.25) is 0 Å². The minimum atomic E-state index is 0.0119. The van der Waals surface area contributed by atoms with E-state index in [9.17, 15) is 4.79 Å². The van der Waals surface area contributed by atoms with Gasteiger partial charge in [-0.3, -0.25) is 4.79 Å². The van der Waals surface area contributed by atoms with Crippen LogP contribution in [0.3, 0.4) is 0 Å². The van der Waals surface area contributed by atoms with Gasteiger partial charge in [-0.25, -0.2) is 9.97 Å². The fraction of sp³-hybridized carbons (Fsp3) is 0.500. The highest BCUT2D eigenvalue weighted by atomic mass is 16.1. The zero-order valence-electron chi connectivity index (χ0n) is 11.3. The van der Waals surface area contributed by atoms with Crippen molar-refractivity contribution in [3.05, 3.63) is 30.6 Å². The molecule has 19 heavy (non-hydrogen) atoms. The summed E-state index contributed by atoms with van der Waals surface area (Å²) in [5, 5.41) is 2.86. The van der Waals surface area contributed by atoms with Crippen LogP contribution in [0, 0.1) is 12.8 Å². The highest BCUT2D eigenvalue weighted by molar-refractivity contribution is 5.79. The summed E-state index contributed by atoms with van der Waals surface area (Å²) in [6, 6.07) is 1.88. The maximum absolute atomic E-state index is 12.0. The summed E-state index contributed by atoms with van der Waals surface area (Å²) < 4.78 is 0. The summed E-state index contributed by atoms with van der Waals surface area (Å²) in [6.07, 6.45) is 5.37. The van der Waals surface area contributed by atoms with Crippen LogP contribution in [0.5, 0.6) is 0 Å². The minimum Gasteiger partial charge on any atom is -0.352 e. The van der Waals surface area contributed by atoms with Crippen molar-refractivity contribution in [2.75, 3.05) is 24.5 Å². The molecule has 2 rings (SSSR count). The third-order valence-electron chi connectivity index (χ3n) is 3.28. The molecule has 5 heteroatoms. The van der Waals surface area contributed by atoms with Crippen molar-refractivity contribution in [3.8, 4) is 0 Å². The van der Waals surface area contributed by atoms with E-state index in [-0.39, 0.29) is 11.8 Å². The van der Waals surface area contributed by atoms with Gasteiger partial charge >= 0.3 is 0 Å². The van der Waals surface area contributed by atoms with Gasteiger partial charge in [0.2, 0.25) is 11.9 Å². The quantitative estimate of drug-likeness (QED) is 0.829. The van der Waals surface area contributed by atoms with Gasteiger partial charge in [-0.05, 0) is 25.8 Å². The third kappa shape index (κ3) is 3.53. The molecule has 1 N–H and O–H groups in total. The average molecular weight is 260 g/mol. The van der Waals surface area contributed by atoms with E-state index in [1.54, 1.807) is 12.3 Å². The van der Waals surface area contributed by atoms with Gasteiger partial charge in [0.1, 0.15) is 0 Å². The molecule has 0 aliphatic carbocycles. The Hall–Kier alpha value is -1.91. The molecule has 0 unspecified atom stereocenters. The van der Waals surface area contributed by atoms with Crippen molar-refractivity contribution in [1.82, 2.24) is 15.3 Å². The molecule has 1 aromatic rings. The highest BCUT2D eigenvalue weighted by Crippen LogP contribution is 2.20. The molecular formula is C14H20N4O. The summed E-state index contributed by atoms with van der Waals surface area (Å²) in [4.78, 5) is 22.8. The average Bonchev–Trinajstić information content (AvgIpc) is 2.45. The number of nitrogens with one attached hydrogen (secondary N) is 1. The van der Waals surface area contributed by atoms with E-state index >= 15 is 0 Å². The van der Waals surface area contributed by atoms with E-state index in [0.29, 0.717) is 13.1 Å². The van der Waals surface area contributed by atoms with Crippen LogP contribution in [0.25, 0.3) is 0 Å². The lowest BCUT2D eigenvalue weighted by Crippen LogP contribution is -2.43. The molecule has 1 aromatic heterocycles. The predicted molar refractivity (Wildman–Crippen MR) is 74.9 cm³/mol. The molecule has 0 bridgehead atoms. The fourth-order valence-corrected chi connectivity index (χ4v) is 2.28. The van der Waals surface area contributed by atoms with Crippen LogP contribution in [0.4, 0.5) is 5.95 Å². The number of aromatic nitrogens is 2. The van der Waals surface area contributed by atoms with Crippen LogP contribution in [-0.2, 0) is 4.79 Å². The lowest BCUT2D eigenvalue weighted by atomic mass is 9.97. The Bertz CT molecular complexity index is 461. The van der Waals surface area contributed by atoms with Crippen molar-refractivity contribution in [2.24, 2.45) is 5.92 Å². The number of hydrogen-bond donors (Lipinski definition) is 1. The Balaban J connectivity index is 2.00. The van der Waals surface area contributed by atoms with Gasteiger partial charge in [0.05, 0.1) is 5.92 Å². The first-order chi connectivity index (χ1) is 9.20. The largest absolute Gasteiger partial charge is 0.352 e. The minimum absolute atomic E-state index is 0.0119. The summed E-state index contributed by atoms with van der Waals surface area (Å²) in [6.45, 7) is 7.68. The number of hydrogen-bond acceptors (Lipinski definition) is 4. The number of aryl methyl sites for hydroxylation is 1. The normalized spacial score (nSPS) is 19.0. The van der Waals surface area contributed by atoms with Crippen molar-refractivity contribution in [2.45, 2.75) is 19.8 Å². The zero-order valence-corrected chi connectivity index (χ0v) is 11.3. The first-order valence-electron chi connectivity index (χ1n) is 6.64. The maximum Gasteiger partial charge on any atom is 0.225 e. The molecule has 1 amide bonds. The van der Waals surface area contributed by atoms with E-state index < -0.39 is 0 Å². The smallest absolute Gasteiger partial charge is 0.225 e. The number of carbonyl (C=O) groups is 1. The number of anilines is 1. The second-order valence-electron chi connectivity index (χ2n) is 4.82. The summed E-state index contributed by atoms with van der Waals surface area (Å²) in [7, 11) is 0. The molecule has 1 saturated heterocycles. The van der Waals surface area contributed by atoms with Gasteiger partial charge in [0.15, 0.2) is 0 Å². The summed E-state index contributed by atoms with van der Waals surface area (Å²) in [5.41, 5.74) is 0.947. The highest BCUT2D eigenvalue weighted by Gasteiger charge is 2.26. The van der Waals surface area contributed by atoms with Crippen LogP contribution in [0.15, 0.2) is 24.9 Å². The molecule has 1 aliphatic rings. The number of amides is 1. The molecule has 1 fully saturated rings. The van der Waals surface area contributed by atoms with Crippen LogP contribution < -0.4 is 10.2 Å². The van der Waals surface area contributed by atoms with Crippen LogP contribution in [0.1, 0.15) is 18.5 Å². The van der Waals surface area contributed by atoms with Gasteiger partial charge in [-0.1, -0.05) is 6.08 Å². The molecule has 0 saturated carbocycles. The molecule has 1 aliphatic heterocycles. The molecular weight excluding hydrogens is 240 g/mol. The van der Waals surface area contributed by atoms with E-state index in [4.69, 9.17) is 0 Å². The molecule has 2 heterocycles. The molecule has 0 radical (unpaired) electrons. The second-order valence-corrected chi connectivity index (χ2v) is 4.82. The Kier molecular flexibility index (Phi) is 4.49. The first-order valence-corrected chi connectivity index (χ1v) is 6.64. The monoisotopic (exact) mass is 260 g/mol. The Labute approximate surface area is 113 Å². The molecule has 1 atom stereocenters. The van der Waals surface area contributed by atoms with E-state index in [1.165, 1.54) is 0 Å². The summed E-state index contributed by atoms with van der Waals surface area (Å²) in [5.74, 6) is 0.830. The van der Waals surface area contributed by atoms with Gasteiger partial charge in [0.25, 0.3) is 0 Å². The first kappa shape index (κ1) is 13.5. The lowest BCUT2D eigenvalue weighted by molar-refractivity contribution is -0.125. The van der Waals surface area contributed by atoms with Crippen LogP contribution >= 0.6 is 0 Å². The molecule has 102 valence electrons. The van der Waals surface area contributed by atoms with Crippen LogP contribution in [-0.4, -0.2) is 35.5 Å². The molecule has 0 aromatic carbocycles. The number of rotatable bonds is 4. The van der Waals surface area contributed by atoms with Gasteiger partial charge in [-0.2, -0.15) is 0 Å². The predicted octanol–water partition coefficient (Wildman–Crippen LogP) is 1.30. The maximum atomic E-state index is 12.0. The summed E-state index contributed by atoms with van der Waals surface area (Å²) >= 11 is 0. The van der Waals surface area contributed by atoms with Crippen molar-refractivity contribution in [3.63, 3.8) is 0 Å². The Morgan fingerprint density at radius 3 is 3.26 bits per heavy atom. The van der Waals surface area contributed by atoms with Crippen molar-refractivity contribution in [1.29, 1.82) is 0 Å². The zero-order chi connectivity index (χ0) is 13.7. The van der Waals surface area contributed by atoms with Gasteiger partial charge in [-0.15, -0.1) is 6.58 Å². The van der Waals surface area contributed by atoms with Crippen molar-refractivity contribution < 1.29 is 4.79 Å². The van der Waals surface area contributed by atoms with E-state index in [0.717, 1.165) is 31.0 Å². The fourth-order valence-electron chi connectivity index (χ4n) is 2.28. The second kappa shape index (κ2) is 6.31.